The van der Waals surface area contributed by atoms with Gasteiger partial charge in [0.2, 0.25) is 11.8 Å². The minimum Gasteiger partial charge on any atom is -0.496 e. The zero-order valence-corrected chi connectivity index (χ0v) is 17.3. The Labute approximate surface area is 181 Å². The third-order valence-corrected chi connectivity index (χ3v) is 5.13. The molecule has 6 heteroatoms. The Kier molecular flexibility index (Phi) is 6.17. The number of rotatable bonds is 6. The van der Waals surface area contributed by atoms with Crippen LogP contribution in [-0.2, 0) is 16.0 Å². The van der Waals surface area contributed by atoms with Gasteiger partial charge in [0.05, 0.1) is 25.8 Å². The van der Waals surface area contributed by atoms with E-state index in [9.17, 15) is 9.59 Å². The van der Waals surface area contributed by atoms with Crippen LogP contribution in [0.2, 0.25) is 0 Å². The summed E-state index contributed by atoms with van der Waals surface area (Å²) in [6.07, 6.45) is 0.911. The van der Waals surface area contributed by atoms with E-state index in [0.29, 0.717) is 30.2 Å². The molecule has 158 valence electrons. The van der Waals surface area contributed by atoms with Gasteiger partial charge < -0.3 is 14.8 Å². The Balaban J connectivity index is 1.51. The fourth-order valence-corrected chi connectivity index (χ4v) is 3.65. The first-order chi connectivity index (χ1) is 15.1. The van der Waals surface area contributed by atoms with Gasteiger partial charge in [-0.25, -0.2) is 0 Å². The van der Waals surface area contributed by atoms with Crippen LogP contribution in [-0.4, -0.2) is 32.1 Å². The minimum atomic E-state index is -0.277. The van der Waals surface area contributed by atoms with Gasteiger partial charge in [0.1, 0.15) is 18.0 Å². The maximum atomic E-state index is 12.8. The number of carbonyl (C=O) groups is 2. The molecule has 0 saturated carbocycles. The zero-order chi connectivity index (χ0) is 21.6. The van der Waals surface area contributed by atoms with E-state index >= 15 is 0 Å². The van der Waals surface area contributed by atoms with E-state index in [1.807, 2.05) is 42.5 Å². The number of methoxy groups -OCH3 is 1. The third-order valence-electron chi connectivity index (χ3n) is 5.13. The lowest BCUT2D eigenvalue weighted by Gasteiger charge is -2.21. The molecular formula is C25H24N2O4. The van der Waals surface area contributed by atoms with Gasteiger partial charge in [-0.1, -0.05) is 42.5 Å². The van der Waals surface area contributed by atoms with Gasteiger partial charge in [-0.05, 0) is 35.9 Å². The van der Waals surface area contributed by atoms with Gasteiger partial charge in [-0.15, -0.1) is 0 Å². The molecule has 0 atom stereocenters. The normalized spacial score (nSPS) is 13.1. The first-order valence-electron chi connectivity index (χ1n) is 10.2. The Bertz CT molecular complexity index is 1080. The first-order valence-corrected chi connectivity index (χ1v) is 10.2. The van der Waals surface area contributed by atoms with Gasteiger partial charge in [0, 0.05) is 17.7 Å². The third kappa shape index (κ3) is 4.86. The molecule has 2 amide bonds. The van der Waals surface area contributed by atoms with Crippen molar-refractivity contribution in [2.24, 2.45) is 0 Å². The molecule has 3 aromatic rings. The van der Waals surface area contributed by atoms with Crippen molar-refractivity contribution in [1.29, 1.82) is 0 Å². The summed E-state index contributed by atoms with van der Waals surface area (Å²) in [7, 11) is 1.63. The molecule has 0 unspecified atom stereocenters. The number of hydrogen-bond donors (Lipinski definition) is 1. The van der Waals surface area contributed by atoms with Crippen molar-refractivity contribution in [3.8, 4) is 11.5 Å². The van der Waals surface area contributed by atoms with Crippen LogP contribution in [0.3, 0.4) is 0 Å². The molecule has 0 fully saturated rings. The Hall–Kier alpha value is -3.80. The molecule has 31 heavy (non-hydrogen) atoms. The molecular weight excluding hydrogens is 392 g/mol. The molecule has 1 aliphatic heterocycles. The van der Waals surface area contributed by atoms with Crippen molar-refractivity contribution >= 4 is 23.2 Å². The quantitative estimate of drug-likeness (QED) is 0.659. The summed E-state index contributed by atoms with van der Waals surface area (Å²) >= 11 is 0. The molecule has 1 N–H and O–H groups in total. The van der Waals surface area contributed by atoms with Crippen molar-refractivity contribution in [1.82, 2.24) is 0 Å². The van der Waals surface area contributed by atoms with Crippen molar-refractivity contribution in [3.63, 3.8) is 0 Å². The molecule has 1 aliphatic rings. The second-order valence-electron chi connectivity index (χ2n) is 7.28. The lowest BCUT2D eigenvalue weighted by molar-refractivity contribution is -0.121. The number of nitrogens with zero attached hydrogens (tertiary/aromatic N) is 1. The van der Waals surface area contributed by atoms with Crippen LogP contribution in [0.1, 0.15) is 17.5 Å². The smallest absolute Gasteiger partial charge is 0.244 e. The number of amides is 2. The van der Waals surface area contributed by atoms with E-state index in [1.165, 1.54) is 4.90 Å². The Morgan fingerprint density at radius 1 is 1.06 bits per heavy atom. The maximum absolute atomic E-state index is 12.8. The number of nitrogens with one attached hydrogen (secondary N) is 1. The summed E-state index contributed by atoms with van der Waals surface area (Å²) in [6.45, 7) is 0.217. The van der Waals surface area contributed by atoms with E-state index < -0.39 is 0 Å². The molecule has 0 aliphatic carbocycles. The second kappa shape index (κ2) is 9.34. The number of carbonyl (C=O) groups excluding carboxylic acids is 2. The largest absolute Gasteiger partial charge is 0.496 e. The van der Waals surface area contributed by atoms with E-state index in [-0.39, 0.29) is 24.8 Å². The number of hydrogen-bond acceptors (Lipinski definition) is 4. The molecule has 0 saturated heterocycles. The summed E-state index contributed by atoms with van der Waals surface area (Å²) in [5, 5.41) is 2.91. The van der Waals surface area contributed by atoms with Crippen molar-refractivity contribution in [2.75, 3.05) is 30.5 Å². The molecule has 4 rings (SSSR count). The summed E-state index contributed by atoms with van der Waals surface area (Å²) in [4.78, 5) is 26.8. The number of benzene rings is 3. The van der Waals surface area contributed by atoms with Gasteiger partial charge in [0.15, 0.2) is 0 Å². The van der Waals surface area contributed by atoms with Crippen molar-refractivity contribution in [2.45, 2.75) is 12.8 Å². The zero-order valence-electron chi connectivity index (χ0n) is 17.3. The second-order valence-corrected chi connectivity index (χ2v) is 7.28. The highest BCUT2D eigenvalue weighted by Gasteiger charge is 2.25. The predicted octanol–water partition coefficient (Wildman–Crippen LogP) is 4.04. The lowest BCUT2D eigenvalue weighted by atomic mass is 10.0. The summed E-state index contributed by atoms with van der Waals surface area (Å²) in [6, 6.07) is 22.9. The monoisotopic (exact) mass is 416 g/mol. The Morgan fingerprint density at radius 3 is 2.65 bits per heavy atom. The van der Waals surface area contributed by atoms with Crippen LogP contribution in [0, 0.1) is 0 Å². The molecule has 1 heterocycles. The summed E-state index contributed by atoms with van der Waals surface area (Å²) < 4.78 is 11.1. The van der Waals surface area contributed by atoms with Gasteiger partial charge in [-0.3, -0.25) is 14.5 Å². The van der Waals surface area contributed by atoms with Crippen molar-refractivity contribution < 1.29 is 19.1 Å². The maximum Gasteiger partial charge on any atom is 0.244 e. The lowest BCUT2D eigenvalue weighted by Crippen LogP contribution is -2.37. The fourth-order valence-electron chi connectivity index (χ4n) is 3.65. The molecule has 0 spiro atoms. The number of anilines is 2. The van der Waals surface area contributed by atoms with Gasteiger partial charge >= 0.3 is 0 Å². The average Bonchev–Trinajstić information content (AvgIpc) is 2.93. The number of fused-ring (bicyclic) bond motifs is 1. The highest BCUT2D eigenvalue weighted by atomic mass is 16.5. The van der Waals surface area contributed by atoms with E-state index in [0.717, 1.165) is 16.9 Å². The van der Waals surface area contributed by atoms with Crippen LogP contribution in [0.15, 0.2) is 72.8 Å². The Morgan fingerprint density at radius 2 is 1.84 bits per heavy atom. The fraction of sp³-hybridized carbons (Fsp3) is 0.200. The van der Waals surface area contributed by atoms with E-state index in [4.69, 9.17) is 9.47 Å². The van der Waals surface area contributed by atoms with Crippen LogP contribution >= 0.6 is 0 Å². The summed E-state index contributed by atoms with van der Waals surface area (Å²) in [5.41, 5.74) is 3.38. The summed E-state index contributed by atoms with van der Waals surface area (Å²) in [5.74, 6) is 0.951. The molecule has 6 nitrogen and oxygen atoms in total. The average molecular weight is 416 g/mol. The molecule has 0 bridgehead atoms. The minimum absolute atomic E-state index is 0.0841. The van der Waals surface area contributed by atoms with Crippen LogP contribution in [0.5, 0.6) is 11.5 Å². The highest BCUT2D eigenvalue weighted by molar-refractivity contribution is 6.03. The van der Waals surface area contributed by atoms with Gasteiger partial charge in [-0.2, -0.15) is 0 Å². The first kappa shape index (κ1) is 20.5. The number of para-hydroxylation sites is 2. The van der Waals surface area contributed by atoms with Crippen LogP contribution in [0.25, 0.3) is 0 Å². The van der Waals surface area contributed by atoms with Crippen molar-refractivity contribution in [3.05, 3.63) is 83.9 Å². The standard InChI is InChI=1S/C25H24N2O4/c1-30-22-12-11-20(16-19(22)15-18-7-3-2-4-8-18)26-24(28)17-27-21-9-5-6-10-23(21)31-14-13-25(27)29/h2-12,16H,13-15,17H2,1H3,(H,26,28). The molecule has 0 radical (unpaired) electrons. The molecule has 3 aromatic carbocycles. The molecule has 0 aromatic heterocycles. The van der Waals surface area contributed by atoms with Gasteiger partial charge in [0.25, 0.3) is 0 Å². The highest BCUT2D eigenvalue weighted by Crippen LogP contribution is 2.31. The predicted molar refractivity (Wildman–Crippen MR) is 120 cm³/mol. The topological polar surface area (TPSA) is 67.9 Å². The SMILES string of the molecule is COc1ccc(NC(=O)CN2C(=O)CCOc3ccccc32)cc1Cc1ccccc1. The van der Waals surface area contributed by atoms with E-state index in [2.05, 4.69) is 17.4 Å². The van der Waals surface area contributed by atoms with E-state index in [1.54, 1.807) is 25.3 Å². The van der Waals surface area contributed by atoms with Crippen LogP contribution in [0.4, 0.5) is 11.4 Å². The van der Waals surface area contributed by atoms with Crippen LogP contribution < -0.4 is 19.7 Å². The number of ether oxygens (including phenoxy) is 2.